The number of carbonyl (C=O) groups is 1. The second-order valence-corrected chi connectivity index (χ2v) is 8.07. The molecular formula is C16H14BrNO4S. The van der Waals surface area contributed by atoms with Crippen molar-refractivity contribution < 1.29 is 18.3 Å². The van der Waals surface area contributed by atoms with E-state index in [1.54, 1.807) is 6.07 Å². The third kappa shape index (κ3) is 2.64. The predicted octanol–water partition coefficient (Wildman–Crippen LogP) is 3.29. The number of fused-ring (bicyclic) bond motifs is 1. The molecule has 0 radical (unpaired) electrons. The Morgan fingerprint density at radius 2 is 1.96 bits per heavy atom. The molecule has 3 rings (SSSR count). The van der Waals surface area contributed by atoms with Gasteiger partial charge in [-0.1, -0.05) is 18.2 Å². The minimum atomic E-state index is -3.78. The lowest BCUT2D eigenvalue weighted by atomic mass is 10.1. The molecule has 0 aromatic heterocycles. The van der Waals surface area contributed by atoms with Crippen LogP contribution in [0, 0.1) is 0 Å². The third-order valence-corrected chi connectivity index (χ3v) is 6.77. The van der Waals surface area contributed by atoms with Gasteiger partial charge in [-0.25, -0.2) is 13.2 Å². The molecule has 0 saturated heterocycles. The first-order valence-electron chi connectivity index (χ1n) is 6.97. The molecule has 5 nitrogen and oxygen atoms in total. The molecular weight excluding hydrogens is 382 g/mol. The largest absolute Gasteiger partial charge is 0.478 e. The van der Waals surface area contributed by atoms with Gasteiger partial charge in [0, 0.05) is 10.5 Å². The molecule has 0 spiro atoms. The third-order valence-electron chi connectivity index (χ3n) is 3.86. The van der Waals surface area contributed by atoms with Crippen LogP contribution in [0.5, 0.6) is 0 Å². The molecule has 1 aliphatic rings. The molecule has 0 unspecified atom stereocenters. The van der Waals surface area contributed by atoms with E-state index in [1.807, 2.05) is 25.1 Å². The van der Waals surface area contributed by atoms with Crippen molar-refractivity contribution in [2.24, 2.45) is 0 Å². The van der Waals surface area contributed by atoms with Crippen molar-refractivity contribution in [2.45, 2.75) is 24.3 Å². The molecule has 2 aromatic rings. The number of hydrogen-bond donors (Lipinski definition) is 1. The number of carboxylic acids is 1. The second kappa shape index (κ2) is 5.65. The first-order chi connectivity index (χ1) is 10.8. The maximum Gasteiger partial charge on any atom is 0.335 e. The Morgan fingerprint density at radius 3 is 2.61 bits per heavy atom. The number of sulfonamides is 1. The van der Waals surface area contributed by atoms with E-state index in [4.69, 9.17) is 5.11 Å². The van der Waals surface area contributed by atoms with Gasteiger partial charge < -0.3 is 5.11 Å². The molecule has 0 amide bonds. The van der Waals surface area contributed by atoms with Gasteiger partial charge in [0.2, 0.25) is 0 Å². The van der Waals surface area contributed by atoms with Gasteiger partial charge >= 0.3 is 5.97 Å². The van der Waals surface area contributed by atoms with E-state index < -0.39 is 16.0 Å². The van der Waals surface area contributed by atoms with Crippen molar-refractivity contribution in [3.05, 3.63) is 58.1 Å². The molecule has 0 aliphatic carbocycles. The Kier molecular flexibility index (Phi) is 3.93. The van der Waals surface area contributed by atoms with Crippen LogP contribution in [0.4, 0.5) is 5.69 Å². The minimum Gasteiger partial charge on any atom is -0.478 e. The number of nitrogens with zero attached hydrogens (tertiary/aromatic N) is 1. The fourth-order valence-electron chi connectivity index (χ4n) is 2.85. The summed E-state index contributed by atoms with van der Waals surface area (Å²) in [6, 6.07) is 11.1. The lowest BCUT2D eigenvalue weighted by Gasteiger charge is -2.25. The lowest BCUT2D eigenvalue weighted by Crippen LogP contribution is -2.35. The maximum atomic E-state index is 13.1. The second-order valence-electron chi connectivity index (χ2n) is 5.43. The van der Waals surface area contributed by atoms with Gasteiger partial charge in [-0.15, -0.1) is 0 Å². The van der Waals surface area contributed by atoms with E-state index in [2.05, 4.69) is 15.9 Å². The molecule has 1 heterocycles. The van der Waals surface area contributed by atoms with Crippen LogP contribution in [-0.4, -0.2) is 25.5 Å². The van der Waals surface area contributed by atoms with Gasteiger partial charge in [-0.2, -0.15) is 0 Å². The van der Waals surface area contributed by atoms with Crippen molar-refractivity contribution in [2.75, 3.05) is 4.31 Å². The van der Waals surface area contributed by atoms with E-state index in [9.17, 15) is 13.2 Å². The van der Waals surface area contributed by atoms with Crippen LogP contribution in [0.25, 0.3) is 0 Å². The summed E-state index contributed by atoms with van der Waals surface area (Å²) >= 11 is 3.19. The van der Waals surface area contributed by atoms with E-state index in [0.717, 1.165) is 5.56 Å². The van der Waals surface area contributed by atoms with Crippen LogP contribution >= 0.6 is 15.9 Å². The lowest BCUT2D eigenvalue weighted by molar-refractivity contribution is 0.0696. The van der Waals surface area contributed by atoms with Crippen molar-refractivity contribution in [1.29, 1.82) is 0 Å². The summed E-state index contributed by atoms with van der Waals surface area (Å²) in [6.45, 7) is 1.86. The molecule has 2 aromatic carbocycles. The molecule has 1 aliphatic heterocycles. The van der Waals surface area contributed by atoms with Gasteiger partial charge in [0.25, 0.3) is 10.0 Å². The van der Waals surface area contributed by atoms with Crippen LogP contribution in [0.15, 0.2) is 51.8 Å². The fraction of sp³-hybridized carbons (Fsp3) is 0.188. The summed E-state index contributed by atoms with van der Waals surface area (Å²) in [5, 5.41) is 9.01. The average molecular weight is 396 g/mol. The monoisotopic (exact) mass is 395 g/mol. The normalized spacial score (nSPS) is 17.1. The highest BCUT2D eigenvalue weighted by atomic mass is 79.9. The zero-order valence-electron chi connectivity index (χ0n) is 12.2. The Hall–Kier alpha value is -1.86. The Balaban J connectivity index is 2.11. The topological polar surface area (TPSA) is 74.7 Å². The molecule has 0 fully saturated rings. The Bertz CT molecular complexity index is 895. The molecule has 120 valence electrons. The number of aromatic carboxylic acids is 1. The number of benzene rings is 2. The quantitative estimate of drug-likeness (QED) is 0.864. The molecule has 0 bridgehead atoms. The van der Waals surface area contributed by atoms with E-state index in [0.29, 0.717) is 12.1 Å². The van der Waals surface area contributed by atoms with Gasteiger partial charge in [-0.3, -0.25) is 4.31 Å². The van der Waals surface area contributed by atoms with Crippen molar-refractivity contribution in [1.82, 2.24) is 0 Å². The van der Waals surface area contributed by atoms with Crippen LogP contribution in [-0.2, 0) is 16.4 Å². The Labute approximate surface area is 142 Å². The Morgan fingerprint density at radius 1 is 1.26 bits per heavy atom. The molecule has 23 heavy (non-hydrogen) atoms. The van der Waals surface area contributed by atoms with Gasteiger partial charge in [0.15, 0.2) is 0 Å². The van der Waals surface area contributed by atoms with Crippen molar-refractivity contribution in [3.8, 4) is 0 Å². The van der Waals surface area contributed by atoms with Gasteiger partial charge in [0.1, 0.15) is 4.90 Å². The SMILES string of the molecule is C[C@@H]1Cc2ccccc2N1S(=O)(=O)c1ccc(C(=O)O)cc1Br. The first kappa shape index (κ1) is 16.0. The van der Waals surface area contributed by atoms with Crippen LogP contribution < -0.4 is 4.31 Å². The standard InChI is InChI=1S/C16H14BrNO4S/c1-10-8-11-4-2-3-5-14(11)18(10)23(21,22)15-7-6-12(16(19)20)9-13(15)17/h2-7,9-10H,8H2,1H3,(H,19,20)/t10-/m1/s1. The highest BCUT2D eigenvalue weighted by molar-refractivity contribution is 9.10. The number of anilines is 1. The zero-order valence-corrected chi connectivity index (χ0v) is 14.6. The van der Waals surface area contributed by atoms with Gasteiger partial charge in [-0.05, 0) is 59.1 Å². The van der Waals surface area contributed by atoms with Crippen LogP contribution in [0.1, 0.15) is 22.8 Å². The number of halogens is 1. The summed E-state index contributed by atoms with van der Waals surface area (Å²) in [4.78, 5) is 11.1. The van der Waals surface area contributed by atoms with E-state index in [1.165, 1.54) is 22.5 Å². The van der Waals surface area contributed by atoms with Crippen molar-refractivity contribution >= 4 is 37.6 Å². The molecule has 7 heteroatoms. The molecule has 1 atom stereocenters. The van der Waals surface area contributed by atoms with E-state index in [-0.39, 0.29) is 21.0 Å². The fourth-order valence-corrected chi connectivity index (χ4v) is 5.59. The summed E-state index contributed by atoms with van der Waals surface area (Å²) in [5.74, 6) is -1.10. The highest BCUT2D eigenvalue weighted by Gasteiger charge is 2.36. The average Bonchev–Trinajstić information content (AvgIpc) is 2.83. The van der Waals surface area contributed by atoms with Crippen LogP contribution in [0.3, 0.4) is 0 Å². The van der Waals surface area contributed by atoms with Gasteiger partial charge in [0.05, 0.1) is 11.3 Å². The van der Waals surface area contributed by atoms with Crippen molar-refractivity contribution in [3.63, 3.8) is 0 Å². The zero-order chi connectivity index (χ0) is 16.8. The predicted molar refractivity (Wildman–Crippen MR) is 90.4 cm³/mol. The summed E-state index contributed by atoms with van der Waals surface area (Å²) in [6.07, 6.45) is 0.653. The van der Waals surface area contributed by atoms with E-state index >= 15 is 0 Å². The van der Waals surface area contributed by atoms with Crippen LogP contribution in [0.2, 0.25) is 0 Å². The summed E-state index contributed by atoms with van der Waals surface area (Å²) < 4.78 is 27.8. The highest BCUT2D eigenvalue weighted by Crippen LogP contribution is 2.38. The summed E-state index contributed by atoms with van der Waals surface area (Å²) in [5.41, 5.74) is 1.70. The first-order valence-corrected chi connectivity index (χ1v) is 9.21. The molecule has 0 saturated carbocycles. The number of carboxylic acid groups (broad SMARTS) is 1. The number of rotatable bonds is 3. The smallest absolute Gasteiger partial charge is 0.335 e. The number of hydrogen-bond acceptors (Lipinski definition) is 3. The summed E-state index contributed by atoms with van der Waals surface area (Å²) in [7, 11) is -3.78. The maximum absolute atomic E-state index is 13.1. The number of para-hydroxylation sites is 1. The molecule has 1 N–H and O–H groups in total. The minimum absolute atomic E-state index is 0.0331.